The Morgan fingerprint density at radius 2 is 1.56 bits per heavy atom. The number of amides is 1. The van der Waals surface area contributed by atoms with Crippen molar-refractivity contribution in [1.29, 1.82) is 0 Å². The molecule has 2 aromatic carbocycles. The lowest BCUT2D eigenvalue weighted by atomic mass is 10.0. The Balaban J connectivity index is 2.45. The smallest absolute Gasteiger partial charge is 0.257 e. The molecule has 0 saturated heterocycles. The summed E-state index contributed by atoms with van der Waals surface area (Å²) in [6.07, 6.45) is 2.71. The SMILES string of the molecule is CCc1cccc(CC)c1NC(=O)c1ccccc1N(C)S(C)(=O)=O. The third kappa shape index (κ3) is 4.20. The van der Waals surface area contributed by atoms with Gasteiger partial charge in [-0.05, 0) is 36.1 Å². The molecule has 0 heterocycles. The van der Waals surface area contributed by atoms with Crippen LogP contribution in [0.25, 0.3) is 0 Å². The van der Waals surface area contributed by atoms with Gasteiger partial charge in [-0.3, -0.25) is 9.10 Å². The molecule has 6 heteroatoms. The number of carbonyl (C=O) groups excluding carboxylic acids is 1. The lowest BCUT2D eigenvalue weighted by Gasteiger charge is -2.21. The topological polar surface area (TPSA) is 66.5 Å². The highest BCUT2D eigenvalue weighted by atomic mass is 32.2. The zero-order valence-electron chi connectivity index (χ0n) is 15.0. The van der Waals surface area contributed by atoms with Crippen molar-refractivity contribution in [2.75, 3.05) is 22.9 Å². The Kier molecular flexibility index (Phi) is 5.85. The molecule has 5 nitrogen and oxygen atoms in total. The molecule has 0 radical (unpaired) electrons. The summed E-state index contributed by atoms with van der Waals surface area (Å²) in [4.78, 5) is 12.9. The van der Waals surface area contributed by atoms with Crippen LogP contribution >= 0.6 is 0 Å². The molecular weight excluding hydrogens is 336 g/mol. The molecule has 0 bridgehead atoms. The fourth-order valence-electron chi connectivity index (χ4n) is 2.70. The summed E-state index contributed by atoms with van der Waals surface area (Å²) < 4.78 is 24.8. The third-order valence-corrected chi connectivity index (χ3v) is 5.41. The Morgan fingerprint density at radius 1 is 1.00 bits per heavy atom. The molecule has 0 atom stereocenters. The zero-order chi connectivity index (χ0) is 18.6. The van der Waals surface area contributed by atoms with Crippen molar-refractivity contribution in [1.82, 2.24) is 0 Å². The summed E-state index contributed by atoms with van der Waals surface area (Å²) >= 11 is 0. The van der Waals surface area contributed by atoms with Gasteiger partial charge in [-0.15, -0.1) is 0 Å². The van der Waals surface area contributed by atoms with Gasteiger partial charge in [-0.25, -0.2) is 8.42 Å². The fourth-order valence-corrected chi connectivity index (χ4v) is 3.22. The molecule has 2 aromatic rings. The number of anilines is 2. The lowest BCUT2D eigenvalue weighted by Crippen LogP contribution is -2.27. The maximum absolute atomic E-state index is 12.9. The number of hydrogen-bond donors (Lipinski definition) is 1. The number of sulfonamides is 1. The van der Waals surface area contributed by atoms with E-state index in [1.54, 1.807) is 24.3 Å². The number of aryl methyl sites for hydroxylation is 2. The van der Waals surface area contributed by atoms with Crippen LogP contribution in [-0.4, -0.2) is 27.6 Å². The largest absolute Gasteiger partial charge is 0.321 e. The van der Waals surface area contributed by atoms with E-state index < -0.39 is 10.0 Å². The van der Waals surface area contributed by atoms with Crippen molar-refractivity contribution >= 4 is 27.3 Å². The summed E-state index contributed by atoms with van der Waals surface area (Å²) in [5, 5.41) is 2.98. The molecule has 1 N–H and O–H groups in total. The monoisotopic (exact) mass is 360 g/mol. The third-order valence-electron chi connectivity index (χ3n) is 4.22. The minimum Gasteiger partial charge on any atom is -0.321 e. The van der Waals surface area contributed by atoms with Crippen LogP contribution in [0.5, 0.6) is 0 Å². The van der Waals surface area contributed by atoms with Crippen LogP contribution in [0.15, 0.2) is 42.5 Å². The standard InChI is InChI=1S/C19H24N2O3S/c1-5-14-10-9-11-15(6-2)18(14)20-19(22)16-12-7-8-13-17(16)21(3)25(4,23)24/h7-13H,5-6H2,1-4H3,(H,20,22). The Labute approximate surface area is 149 Å². The van der Waals surface area contributed by atoms with Crippen LogP contribution in [0, 0.1) is 0 Å². The van der Waals surface area contributed by atoms with Gasteiger partial charge in [0.15, 0.2) is 0 Å². The maximum atomic E-state index is 12.9. The normalized spacial score (nSPS) is 11.2. The van der Waals surface area contributed by atoms with Gasteiger partial charge in [0.2, 0.25) is 10.0 Å². The van der Waals surface area contributed by atoms with E-state index in [1.807, 2.05) is 32.0 Å². The molecule has 0 aromatic heterocycles. The highest BCUT2D eigenvalue weighted by Crippen LogP contribution is 2.26. The van der Waals surface area contributed by atoms with Crippen LogP contribution < -0.4 is 9.62 Å². The summed E-state index contributed by atoms with van der Waals surface area (Å²) in [5.74, 6) is -0.318. The van der Waals surface area contributed by atoms with E-state index in [9.17, 15) is 13.2 Å². The average Bonchev–Trinajstić information content (AvgIpc) is 2.60. The first-order valence-corrected chi connectivity index (χ1v) is 10.1. The molecule has 0 aliphatic rings. The van der Waals surface area contributed by atoms with Crippen molar-refractivity contribution in [2.45, 2.75) is 26.7 Å². The number of benzene rings is 2. The molecule has 25 heavy (non-hydrogen) atoms. The molecule has 0 aliphatic heterocycles. The van der Waals surface area contributed by atoms with E-state index in [2.05, 4.69) is 5.32 Å². The quantitative estimate of drug-likeness (QED) is 0.858. The van der Waals surface area contributed by atoms with Crippen molar-refractivity contribution < 1.29 is 13.2 Å². The van der Waals surface area contributed by atoms with Gasteiger partial charge >= 0.3 is 0 Å². The predicted octanol–water partition coefficient (Wildman–Crippen LogP) is 3.46. The van der Waals surface area contributed by atoms with Gasteiger partial charge in [0.1, 0.15) is 0 Å². The van der Waals surface area contributed by atoms with Crippen molar-refractivity contribution in [3.8, 4) is 0 Å². The summed E-state index contributed by atoms with van der Waals surface area (Å²) in [7, 11) is -2.01. The molecule has 134 valence electrons. The van der Waals surface area contributed by atoms with E-state index in [4.69, 9.17) is 0 Å². The minimum atomic E-state index is -3.46. The van der Waals surface area contributed by atoms with Gasteiger partial charge in [0.05, 0.1) is 17.5 Å². The number of carbonyl (C=O) groups is 1. The van der Waals surface area contributed by atoms with Gasteiger partial charge in [0.25, 0.3) is 5.91 Å². The maximum Gasteiger partial charge on any atom is 0.257 e. The van der Waals surface area contributed by atoms with Gasteiger partial charge in [0, 0.05) is 12.7 Å². The molecule has 2 rings (SSSR count). The van der Waals surface area contributed by atoms with Crippen LogP contribution in [0.2, 0.25) is 0 Å². The van der Waals surface area contributed by atoms with Crippen LogP contribution in [0.4, 0.5) is 11.4 Å². The van der Waals surface area contributed by atoms with Gasteiger partial charge in [-0.1, -0.05) is 44.2 Å². The highest BCUT2D eigenvalue weighted by Gasteiger charge is 2.20. The van der Waals surface area contributed by atoms with Crippen molar-refractivity contribution in [3.63, 3.8) is 0 Å². The minimum absolute atomic E-state index is 0.318. The van der Waals surface area contributed by atoms with Crippen molar-refractivity contribution in [2.24, 2.45) is 0 Å². The van der Waals surface area contributed by atoms with E-state index in [-0.39, 0.29) is 5.91 Å². The van der Waals surface area contributed by atoms with Gasteiger partial charge in [-0.2, -0.15) is 0 Å². The number of para-hydroxylation sites is 2. The molecular formula is C19H24N2O3S. The summed E-state index contributed by atoms with van der Waals surface area (Å²) in [5.41, 5.74) is 3.61. The Hall–Kier alpha value is -2.34. The first kappa shape index (κ1) is 19.0. The Morgan fingerprint density at radius 3 is 2.08 bits per heavy atom. The molecule has 0 spiro atoms. The van der Waals surface area contributed by atoms with Crippen LogP contribution in [-0.2, 0) is 22.9 Å². The molecule has 0 fully saturated rings. The van der Waals surface area contributed by atoms with Crippen molar-refractivity contribution in [3.05, 3.63) is 59.2 Å². The van der Waals surface area contributed by atoms with E-state index in [0.717, 1.165) is 40.2 Å². The fraction of sp³-hybridized carbons (Fsp3) is 0.316. The molecule has 0 aliphatic carbocycles. The van der Waals surface area contributed by atoms with Crippen LogP contribution in [0.3, 0.4) is 0 Å². The molecule has 1 amide bonds. The predicted molar refractivity (Wildman–Crippen MR) is 103 cm³/mol. The first-order chi connectivity index (χ1) is 11.8. The van der Waals surface area contributed by atoms with Crippen LogP contribution in [0.1, 0.15) is 35.3 Å². The van der Waals surface area contributed by atoms with Gasteiger partial charge < -0.3 is 5.32 Å². The highest BCUT2D eigenvalue weighted by molar-refractivity contribution is 7.92. The van der Waals surface area contributed by atoms with E-state index in [0.29, 0.717) is 11.3 Å². The number of nitrogens with one attached hydrogen (secondary N) is 1. The molecule has 0 unspecified atom stereocenters. The first-order valence-electron chi connectivity index (χ1n) is 8.24. The van der Waals surface area contributed by atoms with E-state index >= 15 is 0 Å². The summed E-state index contributed by atoms with van der Waals surface area (Å²) in [6.45, 7) is 4.08. The second-order valence-electron chi connectivity index (χ2n) is 5.86. The zero-order valence-corrected chi connectivity index (χ0v) is 15.9. The Bertz CT molecular complexity index is 854. The molecule has 0 saturated carbocycles. The second kappa shape index (κ2) is 7.70. The average molecular weight is 360 g/mol. The lowest BCUT2D eigenvalue weighted by molar-refractivity contribution is 0.102. The number of rotatable bonds is 6. The van der Waals surface area contributed by atoms with E-state index in [1.165, 1.54) is 7.05 Å². The number of nitrogens with zero attached hydrogens (tertiary/aromatic N) is 1. The number of hydrogen-bond acceptors (Lipinski definition) is 3. The second-order valence-corrected chi connectivity index (χ2v) is 7.87. The summed E-state index contributed by atoms with van der Waals surface area (Å²) in [6, 6.07) is 12.7.